The zero-order chi connectivity index (χ0) is 15.5. The van der Waals surface area contributed by atoms with Gasteiger partial charge in [0.05, 0.1) is 5.56 Å². The molecule has 3 rings (SSSR count). The monoisotopic (exact) mass is 332 g/mol. The molecule has 0 spiro atoms. The third kappa shape index (κ3) is 3.26. The maximum absolute atomic E-state index is 9.95. The van der Waals surface area contributed by atoms with Crippen molar-refractivity contribution in [1.29, 1.82) is 0 Å². The molecule has 1 heterocycles. The average molecular weight is 333 g/mol. The number of phenolic OH excluding ortho intramolecular Hbond substituents is 1. The molecule has 0 fully saturated rings. The van der Waals surface area contributed by atoms with Crippen LogP contribution in [0.3, 0.4) is 0 Å². The van der Waals surface area contributed by atoms with Crippen molar-refractivity contribution in [3.8, 4) is 17.2 Å². The van der Waals surface area contributed by atoms with Crippen molar-refractivity contribution >= 4 is 23.4 Å². The van der Waals surface area contributed by atoms with Crippen LogP contribution in [0.5, 0.6) is 5.75 Å². The summed E-state index contributed by atoms with van der Waals surface area (Å²) in [4.78, 5) is 0. The smallest absolute Gasteiger partial charge is 0.277 e. The minimum atomic E-state index is 0.131. The molecule has 0 saturated heterocycles. The van der Waals surface area contributed by atoms with E-state index in [2.05, 4.69) is 10.2 Å². The van der Waals surface area contributed by atoms with Gasteiger partial charge in [-0.25, -0.2) is 0 Å². The maximum atomic E-state index is 9.95. The Morgan fingerprint density at radius 3 is 2.77 bits per heavy atom. The topological polar surface area (TPSA) is 59.2 Å². The Bertz CT molecular complexity index is 804. The Labute approximate surface area is 137 Å². The normalized spacial score (nSPS) is 10.8. The molecule has 0 aliphatic carbocycles. The summed E-state index contributed by atoms with van der Waals surface area (Å²) >= 11 is 7.52. The summed E-state index contributed by atoms with van der Waals surface area (Å²) in [6.07, 6.45) is 0. The number of phenols is 1. The molecular formula is C16H13ClN2O2S. The minimum Gasteiger partial charge on any atom is -0.507 e. The quantitative estimate of drug-likeness (QED) is 0.702. The average Bonchev–Trinajstić information content (AvgIpc) is 2.95. The van der Waals surface area contributed by atoms with Gasteiger partial charge in [-0.2, -0.15) is 0 Å². The number of aromatic hydroxyl groups is 1. The lowest BCUT2D eigenvalue weighted by molar-refractivity contribution is 0.452. The number of aryl methyl sites for hydroxylation is 1. The van der Waals surface area contributed by atoms with Crippen LogP contribution in [0.4, 0.5) is 0 Å². The standard InChI is InChI=1S/C16H13ClN2O2S/c1-10-6-7-12(14(20)8-10)15-18-19-16(21-15)22-9-11-4-2-3-5-13(11)17/h2-8,20H,9H2,1H3. The van der Waals surface area contributed by atoms with E-state index in [4.69, 9.17) is 16.0 Å². The van der Waals surface area contributed by atoms with E-state index in [0.717, 1.165) is 11.1 Å². The van der Waals surface area contributed by atoms with E-state index in [0.29, 0.717) is 27.5 Å². The van der Waals surface area contributed by atoms with E-state index in [1.165, 1.54) is 11.8 Å². The van der Waals surface area contributed by atoms with Crippen molar-refractivity contribution in [2.75, 3.05) is 0 Å². The number of nitrogens with zero attached hydrogens (tertiary/aromatic N) is 2. The fourth-order valence-electron chi connectivity index (χ4n) is 1.95. The van der Waals surface area contributed by atoms with Crippen LogP contribution in [-0.2, 0) is 5.75 Å². The van der Waals surface area contributed by atoms with Crippen LogP contribution in [0, 0.1) is 6.92 Å². The van der Waals surface area contributed by atoms with Gasteiger partial charge < -0.3 is 9.52 Å². The van der Waals surface area contributed by atoms with Crippen molar-refractivity contribution in [2.45, 2.75) is 17.9 Å². The predicted octanol–water partition coefficient (Wildman–Crippen LogP) is 4.70. The number of aromatic nitrogens is 2. The lowest BCUT2D eigenvalue weighted by Gasteiger charge is -2.01. The third-order valence-corrected chi connectivity index (χ3v) is 4.34. The van der Waals surface area contributed by atoms with Crippen molar-refractivity contribution in [3.63, 3.8) is 0 Å². The SMILES string of the molecule is Cc1ccc(-c2nnc(SCc3ccccc3Cl)o2)c(O)c1. The molecule has 0 bridgehead atoms. The number of benzene rings is 2. The Balaban J connectivity index is 1.75. The van der Waals surface area contributed by atoms with Crippen molar-refractivity contribution in [1.82, 2.24) is 10.2 Å². The highest BCUT2D eigenvalue weighted by Gasteiger charge is 2.13. The van der Waals surface area contributed by atoms with Crippen molar-refractivity contribution in [3.05, 3.63) is 58.6 Å². The zero-order valence-electron chi connectivity index (χ0n) is 11.8. The predicted molar refractivity (Wildman–Crippen MR) is 87.1 cm³/mol. The third-order valence-electron chi connectivity index (χ3n) is 3.10. The molecule has 0 atom stereocenters. The molecule has 0 saturated carbocycles. The van der Waals surface area contributed by atoms with E-state index >= 15 is 0 Å². The number of thioether (sulfide) groups is 1. The van der Waals surface area contributed by atoms with Gasteiger partial charge in [0.25, 0.3) is 11.1 Å². The van der Waals surface area contributed by atoms with Crippen LogP contribution in [0.25, 0.3) is 11.5 Å². The molecule has 0 aliphatic heterocycles. The molecule has 0 unspecified atom stereocenters. The minimum absolute atomic E-state index is 0.131. The second kappa shape index (κ2) is 6.42. The molecule has 0 radical (unpaired) electrons. The summed E-state index contributed by atoms with van der Waals surface area (Å²) in [6.45, 7) is 1.90. The molecule has 2 aromatic carbocycles. The molecule has 0 aliphatic rings. The fraction of sp³-hybridized carbons (Fsp3) is 0.125. The highest BCUT2D eigenvalue weighted by Crippen LogP contribution is 2.32. The van der Waals surface area contributed by atoms with E-state index in [-0.39, 0.29) is 5.75 Å². The highest BCUT2D eigenvalue weighted by atomic mass is 35.5. The summed E-state index contributed by atoms with van der Waals surface area (Å²) in [5.41, 5.74) is 2.50. The first-order valence-electron chi connectivity index (χ1n) is 6.63. The summed E-state index contributed by atoms with van der Waals surface area (Å²) in [5, 5.41) is 19.1. The Kier molecular flexibility index (Phi) is 4.36. The number of hydrogen-bond acceptors (Lipinski definition) is 5. The Morgan fingerprint density at radius 1 is 1.18 bits per heavy atom. The van der Waals surface area contributed by atoms with Gasteiger partial charge in [0.1, 0.15) is 5.75 Å². The van der Waals surface area contributed by atoms with Crippen LogP contribution < -0.4 is 0 Å². The second-order valence-electron chi connectivity index (χ2n) is 4.77. The summed E-state index contributed by atoms with van der Waals surface area (Å²) in [7, 11) is 0. The Morgan fingerprint density at radius 2 is 2.00 bits per heavy atom. The molecule has 1 N–H and O–H groups in total. The van der Waals surface area contributed by atoms with E-state index in [9.17, 15) is 5.11 Å². The van der Waals surface area contributed by atoms with Crippen LogP contribution in [0.1, 0.15) is 11.1 Å². The molecule has 22 heavy (non-hydrogen) atoms. The van der Waals surface area contributed by atoms with Gasteiger partial charge in [0.15, 0.2) is 0 Å². The number of halogens is 1. The molecule has 112 valence electrons. The first kappa shape index (κ1) is 14.9. The van der Waals surface area contributed by atoms with E-state index in [1.807, 2.05) is 37.3 Å². The van der Waals surface area contributed by atoms with Crippen LogP contribution in [0.15, 0.2) is 52.1 Å². The molecular weight excluding hydrogens is 320 g/mol. The molecule has 1 aromatic heterocycles. The summed E-state index contributed by atoms with van der Waals surface area (Å²) in [5.74, 6) is 1.08. The Hall–Kier alpha value is -1.98. The van der Waals surface area contributed by atoms with Gasteiger partial charge in [0.2, 0.25) is 0 Å². The fourth-order valence-corrected chi connectivity index (χ4v) is 3.00. The van der Waals surface area contributed by atoms with Gasteiger partial charge >= 0.3 is 0 Å². The van der Waals surface area contributed by atoms with Gasteiger partial charge in [-0.1, -0.05) is 47.6 Å². The summed E-state index contributed by atoms with van der Waals surface area (Å²) < 4.78 is 5.59. The van der Waals surface area contributed by atoms with Gasteiger partial charge in [-0.05, 0) is 36.2 Å². The first-order valence-corrected chi connectivity index (χ1v) is 7.99. The lowest BCUT2D eigenvalue weighted by Crippen LogP contribution is -1.81. The largest absolute Gasteiger partial charge is 0.507 e. The number of rotatable bonds is 4. The molecule has 0 amide bonds. The maximum Gasteiger partial charge on any atom is 0.277 e. The summed E-state index contributed by atoms with van der Waals surface area (Å²) in [6, 6.07) is 12.9. The molecule has 3 aromatic rings. The van der Waals surface area contributed by atoms with Crippen molar-refractivity contribution in [2.24, 2.45) is 0 Å². The van der Waals surface area contributed by atoms with Crippen LogP contribution in [0.2, 0.25) is 5.02 Å². The lowest BCUT2D eigenvalue weighted by atomic mass is 10.1. The van der Waals surface area contributed by atoms with Gasteiger partial charge in [0, 0.05) is 10.8 Å². The van der Waals surface area contributed by atoms with Crippen LogP contribution >= 0.6 is 23.4 Å². The second-order valence-corrected chi connectivity index (χ2v) is 6.11. The van der Waals surface area contributed by atoms with Crippen molar-refractivity contribution < 1.29 is 9.52 Å². The van der Waals surface area contributed by atoms with Gasteiger partial charge in [-0.3, -0.25) is 0 Å². The molecule has 4 nitrogen and oxygen atoms in total. The molecule has 6 heteroatoms. The van der Waals surface area contributed by atoms with Crippen LogP contribution in [-0.4, -0.2) is 15.3 Å². The van der Waals surface area contributed by atoms with Gasteiger partial charge in [-0.15, -0.1) is 10.2 Å². The first-order chi connectivity index (χ1) is 10.6. The number of hydrogen-bond donors (Lipinski definition) is 1. The highest BCUT2D eigenvalue weighted by molar-refractivity contribution is 7.98. The van der Waals surface area contributed by atoms with E-state index in [1.54, 1.807) is 12.1 Å². The van der Waals surface area contributed by atoms with E-state index < -0.39 is 0 Å². The zero-order valence-corrected chi connectivity index (χ0v) is 13.4.